The third-order valence-corrected chi connectivity index (χ3v) is 2.49. The molecule has 14 heavy (non-hydrogen) atoms. The Kier molecular flexibility index (Phi) is 2.29. The predicted molar refractivity (Wildman–Crippen MR) is 53.8 cm³/mol. The maximum absolute atomic E-state index is 10.8. The van der Waals surface area contributed by atoms with Crippen LogP contribution in [-0.4, -0.2) is 25.0 Å². The van der Waals surface area contributed by atoms with Crippen LogP contribution in [0.15, 0.2) is 18.2 Å². The maximum atomic E-state index is 10.8. The van der Waals surface area contributed by atoms with Crippen LogP contribution in [-0.2, 0) is 17.8 Å². The zero-order valence-corrected chi connectivity index (χ0v) is 7.66. The smallest absolute Gasteiger partial charge is 0.321 e. The Bertz CT molecular complexity index is 378. The monoisotopic (exact) mass is 187 g/mol. The van der Waals surface area contributed by atoms with E-state index in [2.05, 4.69) is 5.32 Å². The maximum Gasteiger partial charge on any atom is 0.321 e. The van der Waals surface area contributed by atoms with Gasteiger partial charge in [0.15, 0.2) is 0 Å². The van der Waals surface area contributed by atoms with E-state index in [1.54, 1.807) is 0 Å². The number of fused-ring (bicyclic) bond motifs is 1. The SMILES string of the molecule is [B]c1ccc2c(c1)C[C@@H](C(=O)O)NC2. The molecule has 0 saturated carbocycles. The van der Waals surface area contributed by atoms with Gasteiger partial charge in [-0.1, -0.05) is 23.7 Å². The molecular formula is C10H10BNO2. The molecule has 0 aliphatic carbocycles. The summed E-state index contributed by atoms with van der Waals surface area (Å²) in [5, 5.41) is 11.8. The highest BCUT2D eigenvalue weighted by atomic mass is 16.4. The molecule has 0 spiro atoms. The summed E-state index contributed by atoms with van der Waals surface area (Å²) in [6, 6.07) is 5.15. The summed E-state index contributed by atoms with van der Waals surface area (Å²) in [4.78, 5) is 10.8. The molecule has 0 aromatic heterocycles. The molecule has 1 aromatic carbocycles. The van der Waals surface area contributed by atoms with Gasteiger partial charge >= 0.3 is 5.97 Å². The topological polar surface area (TPSA) is 49.3 Å². The van der Waals surface area contributed by atoms with Crippen LogP contribution in [0.25, 0.3) is 0 Å². The van der Waals surface area contributed by atoms with Crippen LogP contribution in [0.2, 0.25) is 0 Å². The summed E-state index contributed by atoms with van der Waals surface area (Å²) < 4.78 is 0. The van der Waals surface area contributed by atoms with Crippen LogP contribution < -0.4 is 10.8 Å². The zero-order chi connectivity index (χ0) is 10.1. The fourth-order valence-electron chi connectivity index (χ4n) is 1.71. The van der Waals surface area contributed by atoms with Gasteiger partial charge in [0, 0.05) is 6.54 Å². The highest BCUT2D eigenvalue weighted by Crippen LogP contribution is 2.15. The first kappa shape index (κ1) is 9.28. The zero-order valence-electron chi connectivity index (χ0n) is 7.66. The lowest BCUT2D eigenvalue weighted by Gasteiger charge is -2.23. The van der Waals surface area contributed by atoms with Crippen molar-refractivity contribution in [1.82, 2.24) is 5.32 Å². The third-order valence-electron chi connectivity index (χ3n) is 2.49. The molecule has 0 amide bonds. The number of aliphatic carboxylic acids is 1. The fraction of sp³-hybridized carbons (Fsp3) is 0.300. The lowest BCUT2D eigenvalue weighted by Crippen LogP contribution is -2.41. The van der Waals surface area contributed by atoms with Crippen molar-refractivity contribution in [2.45, 2.75) is 19.0 Å². The quantitative estimate of drug-likeness (QED) is 0.587. The van der Waals surface area contributed by atoms with E-state index in [-0.39, 0.29) is 0 Å². The van der Waals surface area contributed by atoms with Gasteiger partial charge in [-0.3, -0.25) is 4.79 Å². The number of rotatable bonds is 1. The standard InChI is InChI=1S/C10H10BNO2/c11-8-2-1-6-5-12-9(10(13)14)4-7(6)3-8/h1-3,9,12H,4-5H2,(H,13,14)/t9-/m0/s1. The third kappa shape index (κ3) is 1.66. The summed E-state index contributed by atoms with van der Waals surface area (Å²) >= 11 is 0. The number of carboxylic acid groups (broad SMARTS) is 1. The molecule has 1 aromatic rings. The molecule has 0 bridgehead atoms. The number of carbonyl (C=O) groups is 1. The molecule has 3 nitrogen and oxygen atoms in total. The Morgan fingerprint density at radius 2 is 2.29 bits per heavy atom. The molecule has 1 aliphatic rings. The van der Waals surface area contributed by atoms with E-state index in [1.165, 1.54) is 0 Å². The number of hydrogen-bond acceptors (Lipinski definition) is 2. The van der Waals surface area contributed by atoms with Gasteiger partial charge in [0.1, 0.15) is 13.9 Å². The van der Waals surface area contributed by atoms with Gasteiger partial charge in [-0.25, -0.2) is 0 Å². The van der Waals surface area contributed by atoms with E-state index in [0.717, 1.165) is 11.1 Å². The molecule has 2 radical (unpaired) electrons. The molecule has 2 N–H and O–H groups in total. The lowest BCUT2D eigenvalue weighted by molar-refractivity contribution is -0.139. The van der Waals surface area contributed by atoms with Crippen molar-refractivity contribution in [1.29, 1.82) is 0 Å². The Morgan fingerprint density at radius 1 is 1.50 bits per heavy atom. The molecule has 70 valence electrons. The number of carboxylic acids is 1. The van der Waals surface area contributed by atoms with E-state index < -0.39 is 12.0 Å². The highest BCUT2D eigenvalue weighted by Gasteiger charge is 2.22. The molecule has 1 atom stereocenters. The van der Waals surface area contributed by atoms with Crippen molar-refractivity contribution in [2.24, 2.45) is 0 Å². The van der Waals surface area contributed by atoms with Crippen molar-refractivity contribution < 1.29 is 9.90 Å². The van der Waals surface area contributed by atoms with Gasteiger partial charge in [-0.15, -0.1) is 0 Å². The molecule has 4 heteroatoms. The average Bonchev–Trinajstić information content (AvgIpc) is 2.16. The number of hydrogen-bond donors (Lipinski definition) is 2. The van der Waals surface area contributed by atoms with E-state index in [0.29, 0.717) is 18.4 Å². The summed E-state index contributed by atoms with van der Waals surface area (Å²) in [6.45, 7) is 0.604. The largest absolute Gasteiger partial charge is 0.480 e. The second kappa shape index (κ2) is 3.46. The summed E-state index contributed by atoms with van der Waals surface area (Å²) in [7, 11) is 5.64. The normalized spacial score (nSPS) is 20.1. The highest BCUT2D eigenvalue weighted by molar-refractivity contribution is 6.32. The molecule has 1 aliphatic heterocycles. The first-order valence-corrected chi connectivity index (χ1v) is 4.50. The van der Waals surface area contributed by atoms with Crippen LogP contribution in [0.1, 0.15) is 11.1 Å². The average molecular weight is 187 g/mol. The lowest BCUT2D eigenvalue weighted by atomic mass is 9.88. The van der Waals surface area contributed by atoms with E-state index in [9.17, 15) is 4.79 Å². The van der Waals surface area contributed by atoms with Crippen molar-refractivity contribution in [3.05, 3.63) is 29.3 Å². The number of benzene rings is 1. The summed E-state index contributed by atoms with van der Waals surface area (Å²) in [5.41, 5.74) is 2.86. The minimum absolute atomic E-state index is 0.482. The van der Waals surface area contributed by atoms with Crippen molar-refractivity contribution in [2.75, 3.05) is 0 Å². The van der Waals surface area contributed by atoms with E-state index in [1.807, 2.05) is 18.2 Å². The fourth-order valence-corrected chi connectivity index (χ4v) is 1.71. The minimum Gasteiger partial charge on any atom is -0.480 e. The molecule has 2 rings (SSSR count). The first-order valence-electron chi connectivity index (χ1n) is 4.50. The van der Waals surface area contributed by atoms with Crippen LogP contribution in [0.3, 0.4) is 0 Å². The number of nitrogens with one attached hydrogen (secondary N) is 1. The van der Waals surface area contributed by atoms with Gasteiger partial charge in [0.2, 0.25) is 0 Å². The Hall–Kier alpha value is -1.29. The van der Waals surface area contributed by atoms with Gasteiger partial charge < -0.3 is 10.4 Å². The van der Waals surface area contributed by atoms with Crippen LogP contribution >= 0.6 is 0 Å². The molecular weight excluding hydrogens is 177 g/mol. The van der Waals surface area contributed by atoms with Gasteiger partial charge in [0.25, 0.3) is 0 Å². The molecule has 0 unspecified atom stereocenters. The molecule has 0 fully saturated rings. The van der Waals surface area contributed by atoms with Crippen LogP contribution in [0, 0.1) is 0 Å². The second-order valence-corrected chi connectivity index (χ2v) is 3.50. The Morgan fingerprint density at radius 3 is 3.00 bits per heavy atom. The van der Waals surface area contributed by atoms with E-state index >= 15 is 0 Å². The van der Waals surface area contributed by atoms with Crippen molar-refractivity contribution in [3.8, 4) is 0 Å². The molecule has 0 saturated heterocycles. The Labute approximate surface area is 83.5 Å². The van der Waals surface area contributed by atoms with Crippen LogP contribution in [0.5, 0.6) is 0 Å². The van der Waals surface area contributed by atoms with Gasteiger partial charge in [-0.2, -0.15) is 0 Å². The minimum atomic E-state index is -0.807. The van der Waals surface area contributed by atoms with Gasteiger partial charge in [0.05, 0.1) is 0 Å². The second-order valence-electron chi connectivity index (χ2n) is 3.50. The van der Waals surface area contributed by atoms with Crippen molar-refractivity contribution >= 4 is 19.3 Å². The summed E-state index contributed by atoms with van der Waals surface area (Å²) in [5.74, 6) is -0.807. The Balaban J connectivity index is 2.29. The van der Waals surface area contributed by atoms with Crippen LogP contribution in [0.4, 0.5) is 0 Å². The van der Waals surface area contributed by atoms with Gasteiger partial charge in [-0.05, 0) is 17.5 Å². The summed E-state index contributed by atoms with van der Waals surface area (Å²) in [6.07, 6.45) is 0.510. The van der Waals surface area contributed by atoms with E-state index in [4.69, 9.17) is 13.0 Å². The van der Waals surface area contributed by atoms with Crippen molar-refractivity contribution in [3.63, 3.8) is 0 Å². The predicted octanol–water partition coefficient (Wildman–Crippen LogP) is -0.421. The first-order chi connectivity index (χ1) is 6.66. The molecule has 1 heterocycles.